The van der Waals surface area contributed by atoms with Crippen molar-refractivity contribution in [2.45, 2.75) is 13.1 Å². The number of aryl methyl sites for hydroxylation is 1. The number of hydrogen-bond acceptors (Lipinski definition) is 4. The first-order valence-electron chi connectivity index (χ1n) is 8.56. The summed E-state index contributed by atoms with van der Waals surface area (Å²) in [6, 6.07) is 9.38. The van der Waals surface area contributed by atoms with Crippen molar-refractivity contribution >= 4 is 44.0 Å². The Hall–Kier alpha value is -1.99. The highest BCUT2D eigenvalue weighted by molar-refractivity contribution is 7.22. The molecular weight excluding hydrogens is 395 g/mol. The number of thiazole rings is 1. The van der Waals surface area contributed by atoms with Gasteiger partial charge in [-0.25, -0.2) is 4.98 Å². The van der Waals surface area contributed by atoms with E-state index in [0.29, 0.717) is 36.9 Å². The molecule has 1 aromatic heterocycles. The van der Waals surface area contributed by atoms with Crippen molar-refractivity contribution in [3.63, 3.8) is 0 Å². The smallest absolute Gasteiger partial charge is 0.368 e. The van der Waals surface area contributed by atoms with Gasteiger partial charge in [0.15, 0.2) is 5.13 Å². The van der Waals surface area contributed by atoms with Gasteiger partial charge in [0.1, 0.15) is 0 Å². The Kier molecular flexibility index (Phi) is 4.68. The molecule has 0 atom stereocenters. The molecule has 3 aromatic rings. The first-order valence-corrected chi connectivity index (χ1v) is 9.75. The van der Waals surface area contributed by atoms with Crippen molar-refractivity contribution in [1.29, 1.82) is 0 Å². The molecule has 3 nitrogen and oxygen atoms in total. The van der Waals surface area contributed by atoms with Gasteiger partial charge >= 0.3 is 6.18 Å². The number of aromatic nitrogens is 1. The highest BCUT2D eigenvalue weighted by atomic mass is 35.5. The summed E-state index contributed by atoms with van der Waals surface area (Å²) in [4.78, 5) is 8.90. The Morgan fingerprint density at radius 3 is 2.44 bits per heavy atom. The van der Waals surface area contributed by atoms with Crippen LogP contribution in [-0.2, 0) is 6.18 Å². The molecule has 0 unspecified atom stereocenters. The number of piperazine rings is 1. The summed E-state index contributed by atoms with van der Waals surface area (Å²) in [6.45, 7) is 4.68. The third-order valence-electron chi connectivity index (χ3n) is 4.83. The molecule has 1 aliphatic rings. The largest absolute Gasteiger partial charge is 0.416 e. The number of fused-ring (bicyclic) bond motifs is 1. The van der Waals surface area contributed by atoms with E-state index in [-0.39, 0.29) is 0 Å². The first kappa shape index (κ1) is 18.4. The van der Waals surface area contributed by atoms with Gasteiger partial charge in [0, 0.05) is 36.9 Å². The molecule has 1 aliphatic heterocycles. The van der Waals surface area contributed by atoms with Gasteiger partial charge in [0.05, 0.1) is 15.8 Å². The molecule has 2 aromatic carbocycles. The average Bonchev–Trinajstić information content (AvgIpc) is 3.09. The SMILES string of the molecule is Cc1c(Cl)ccc2sc(N3CCN(c4cccc(C(F)(F)F)c4)CC3)nc12. The number of halogens is 4. The van der Waals surface area contributed by atoms with E-state index in [1.54, 1.807) is 17.4 Å². The Morgan fingerprint density at radius 1 is 1.04 bits per heavy atom. The van der Waals surface area contributed by atoms with Gasteiger partial charge in [0.2, 0.25) is 0 Å². The van der Waals surface area contributed by atoms with Crippen LogP contribution in [0.1, 0.15) is 11.1 Å². The molecule has 142 valence electrons. The molecule has 0 bridgehead atoms. The van der Waals surface area contributed by atoms with E-state index < -0.39 is 11.7 Å². The molecule has 0 spiro atoms. The van der Waals surface area contributed by atoms with Crippen LogP contribution < -0.4 is 9.80 Å². The quantitative estimate of drug-likeness (QED) is 0.547. The van der Waals surface area contributed by atoms with Gasteiger partial charge in [0.25, 0.3) is 0 Å². The standard InChI is InChI=1S/C19H17ClF3N3S/c1-12-15(20)5-6-16-17(12)24-18(27-16)26-9-7-25(8-10-26)14-4-2-3-13(11-14)19(21,22)23/h2-6,11H,7-10H2,1H3. The molecule has 8 heteroatoms. The molecule has 1 fully saturated rings. The second-order valence-corrected chi connectivity index (χ2v) is 7.95. The zero-order chi connectivity index (χ0) is 19.2. The normalized spacial score (nSPS) is 15.6. The maximum atomic E-state index is 12.9. The fourth-order valence-electron chi connectivity index (χ4n) is 3.26. The van der Waals surface area contributed by atoms with E-state index in [2.05, 4.69) is 4.90 Å². The summed E-state index contributed by atoms with van der Waals surface area (Å²) in [5.74, 6) is 0. The van der Waals surface area contributed by atoms with E-state index in [9.17, 15) is 13.2 Å². The summed E-state index contributed by atoms with van der Waals surface area (Å²) in [5.41, 5.74) is 1.89. The van der Waals surface area contributed by atoms with E-state index in [0.717, 1.165) is 27.0 Å². The zero-order valence-electron chi connectivity index (χ0n) is 14.6. The Labute approximate surface area is 164 Å². The third kappa shape index (κ3) is 3.58. The minimum atomic E-state index is -4.32. The van der Waals surface area contributed by atoms with E-state index >= 15 is 0 Å². The van der Waals surface area contributed by atoms with Crippen molar-refractivity contribution < 1.29 is 13.2 Å². The number of rotatable bonds is 2. The molecule has 1 saturated heterocycles. The molecule has 0 amide bonds. The third-order valence-corrected chi connectivity index (χ3v) is 6.32. The topological polar surface area (TPSA) is 19.4 Å². The molecular formula is C19H17ClF3N3S. The van der Waals surface area contributed by atoms with Gasteiger partial charge in [-0.15, -0.1) is 0 Å². The second-order valence-electron chi connectivity index (χ2n) is 6.54. The summed E-state index contributed by atoms with van der Waals surface area (Å²) in [7, 11) is 0. The van der Waals surface area contributed by atoms with Crippen LogP contribution in [-0.4, -0.2) is 31.2 Å². The predicted molar refractivity (Wildman–Crippen MR) is 105 cm³/mol. The summed E-state index contributed by atoms with van der Waals surface area (Å²) in [5, 5.41) is 1.63. The first-order chi connectivity index (χ1) is 12.8. The van der Waals surface area contributed by atoms with Crippen LogP contribution in [0, 0.1) is 6.92 Å². The lowest BCUT2D eigenvalue weighted by Crippen LogP contribution is -2.46. The maximum Gasteiger partial charge on any atom is 0.416 e. The van der Waals surface area contributed by atoms with Crippen LogP contribution in [0.15, 0.2) is 36.4 Å². The fourth-order valence-corrected chi connectivity index (χ4v) is 4.49. The van der Waals surface area contributed by atoms with Crippen LogP contribution >= 0.6 is 22.9 Å². The Bertz CT molecular complexity index is 978. The van der Waals surface area contributed by atoms with Crippen LogP contribution in [0.3, 0.4) is 0 Å². The highest BCUT2D eigenvalue weighted by Crippen LogP contribution is 2.35. The number of benzene rings is 2. The number of nitrogens with zero attached hydrogens (tertiary/aromatic N) is 3. The molecule has 0 saturated carbocycles. The van der Waals surface area contributed by atoms with Crippen molar-refractivity contribution in [3.8, 4) is 0 Å². The van der Waals surface area contributed by atoms with Crippen LogP contribution in [0.25, 0.3) is 10.2 Å². The van der Waals surface area contributed by atoms with Gasteiger partial charge in [-0.1, -0.05) is 29.0 Å². The maximum absolute atomic E-state index is 12.9. The average molecular weight is 412 g/mol. The molecule has 0 radical (unpaired) electrons. The number of hydrogen-bond donors (Lipinski definition) is 0. The van der Waals surface area contributed by atoms with Gasteiger partial charge in [-0.3, -0.25) is 0 Å². The summed E-state index contributed by atoms with van der Waals surface area (Å²) < 4.78 is 39.9. The van der Waals surface area contributed by atoms with Crippen LogP contribution in [0.4, 0.5) is 24.0 Å². The molecule has 0 N–H and O–H groups in total. The van der Waals surface area contributed by atoms with Gasteiger partial charge < -0.3 is 9.80 Å². The fraction of sp³-hybridized carbons (Fsp3) is 0.316. The van der Waals surface area contributed by atoms with E-state index in [1.807, 2.05) is 24.0 Å². The van der Waals surface area contributed by atoms with Gasteiger partial charge in [-0.2, -0.15) is 13.2 Å². The summed E-state index contributed by atoms with van der Waals surface area (Å²) in [6.07, 6.45) is -4.32. The zero-order valence-corrected chi connectivity index (χ0v) is 16.1. The second kappa shape index (κ2) is 6.87. The van der Waals surface area contributed by atoms with Crippen molar-refractivity contribution in [2.75, 3.05) is 36.0 Å². The lowest BCUT2D eigenvalue weighted by molar-refractivity contribution is -0.137. The number of alkyl halides is 3. The minimum Gasteiger partial charge on any atom is -0.368 e. The summed E-state index contributed by atoms with van der Waals surface area (Å²) >= 11 is 7.80. The molecule has 2 heterocycles. The highest BCUT2D eigenvalue weighted by Gasteiger charge is 2.31. The number of anilines is 2. The van der Waals surface area contributed by atoms with Crippen LogP contribution in [0.5, 0.6) is 0 Å². The predicted octanol–water partition coefficient (Wildman–Crippen LogP) is 5.60. The van der Waals surface area contributed by atoms with E-state index in [4.69, 9.17) is 16.6 Å². The van der Waals surface area contributed by atoms with Crippen molar-refractivity contribution in [1.82, 2.24) is 4.98 Å². The van der Waals surface area contributed by atoms with Gasteiger partial charge in [-0.05, 0) is 42.8 Å². The van der Waals surface area contributed by atoms with Crippen molar-refractivity contribution in [2.24, 2.45) is 0 Å². The Morgan fingerprint density at radius 2 is 1.74 bits per heavy atom. The molecule has 0 aliphatic carbocycles. The van der Waals surface area contributed by atoms with Crippen LogP contribution in [0.2, 0.25) is 5.02 Å². The van der Waals surface area contributed by atoms with E-state index in [1.165, 1.54) is 12.1 Å². The minimum absolute atomic E-state index is 0.608. The Balaban J connectivity index is 1.50. The molecule has 27 heavy (non-hydrogen) atoms. The molecule has 4 rings (SSSR count). The monoisotopic (exact) mass is 411 g/mol. The lowest BCUT2D eigenvalue weighted by Gasteiger charge is -2.36. The van der Waals surface area contributed by atoms with Crippen molar-refractivity contribution in [3.05, 3.63) is 52.5 Å². The lowest BCUT2D eigenvalue weighted by atomic mass is 10.1.